The fourth-order valence-electron chi connectivity index (χ4n) is 6.23. The number of thioether (sulfide) groups is 1. The lowest BCUT2D eigenvalue weighted by Crippen LogP contribution is -2.54. The van der Waals surface area contributed by atoms with E-state index in [1.807, 2.05) is 11.8 Å². The highest BCUT2D eigenvalue weighted by Crippen LogP contribution is 2.33. The first-order chi connectivity index (χ1) is 27.4. The molecule has 10 amide bonds. The van der Waals surface area contributed by atoms with Crippen molar-refractivity contribution in [2.45, 2.75) is 120 Å². The van der Waals surface area contributed by atoms with Crippen LogP contribution in [0.2, 0.25) is 0 Å². The molecular weight excluding hydrogens is 785 g/mol. The third kappa shape index (κ3) is 17.9. The summed E-state index contributed by atoms with van der Waals surface area (Å²) in [6.07, 6.45) is 2.76. The molecule has 0 spiro atoms. The van der Waals surface area contributed by atoms with Crippen molar-refractivity contribution in [2.75, 3.05) is 25.4 Å². The summed E-state index contributed by atoms with van der Waals surface area (Å²) in [6, 6.07) is -3.52. The van der Waals surface area contributed by atoms with Gasteiger partial charge in [-0.2, -0.15) is 11.8 Å². The highest BCUT2D eigenvalue weighted by atomic mass is 32.2. The molecule has 2 aliphatic rings. The Morgan fingerprint density at radius 2 is 1.47 bits per heavy atom. The number of primary amides is 1. The van der Waals surface area contributed by atoms with Crippen molar-refractivity contribution < 1.29 is 58.3 Å². The van der Waals surface area contributed by atoms with Crippen molar-refractivity contribution in [3.05, 3.63) is 0 Å². The molecule has 58 heavy (non-hydrogen) atoms. The minimum Gasteiger partial charge on any atom is -0.481 e. The molecule has 2 aliphatic heterocycles. The minimum absolute atomic E-state index is 0.0917. The highest BCUT2D eigenvalue weighted by molar-refractivity contribution is 8.00. The van der Waals surface area contributed by atoms with E-state index in [0.29, 0.717) is 31.1 Å². The van der Waals surface area contributed by atoms with Crippen LogP contribution in [0.4, 0.5) is 4.79 Å². The lowest BCUT2D eigenvalue weighted by molar-refractivity contribution is -0.139. The molecule has 326 valence electrons. The van der Waals surface area contributed by atoms with Crippen LogP contribution >= 0.6 is 11.8 Å². The van der Waals surface area contributed by atoms with Gasteiger partial charge in [0, 0.05) is 42.7 Å². The largest absolute Gasteiger partial charge is 0.481 e. The molecule has 22 nitrogen and oxygen atoms in total. The van der Waals surface area contributed by atoms with E-state index in [4.69, 9.17) is 16.0 Å². The quantitative estimate of drug-likeness (QED) is 0.0173. The third-order valence-electron chi connectivity index (χ3n) is 9.57. The van der Waals surface area contributed by atoms with E-state index in [1.54, 1.807) is 13.8 Å². The number of amides is 10. The smallest absolute Gasteiger partial charge is 0.315 e. The normalized spacial score (nSPS) is 18.8. The molecule has 13 N–H and O–H groups in total. The van der Waals surface area contributed by atoms with E-state index in [1.165, 1.54) is 12.4 Å². The summed E-state index contributed by atoms with van der Waals surface area (Å²) in [6.45, 7) is 3.77. The molecule has 0 radical (unpaired) electrons. The lowest BCUT2D eigenvalue weighted by atomic mass is 9.91. The van der Waals surface area contributed by atoms with Gasteiger partial charge in [-0.25, -0.2) is 10.3 Å². The fraction of sp³-hybridized carbons (Fsp3) is 0.714. The number of urea groups is 1. The number of fused-ring (bicyclic) bond motifs is 1. The summed E-state index contributed by atoms with van der Waals surface area (Å²) in [5.74, 6) is -7.44. The van der Waals surface area contributed by atoms with Gasteiger partial charge in [0.25, 0.3) is 0 Å². The van der Waals surface area contributed by atoms with Crippen LogP contribution in [-0.4, -0.2) is 130 Å². The van der Waals surface area contributed by atoms with E-state index >= 15 is 0 Å². The number of hydrogen-bond acceptors (Lipinski definition) is 12. The van der Waals surface area contributed by atoms with E-state index in [-0.39, 0.29) is 36.9 Å². The van der Waals surface area contributed by atoms with E-state index < -0.39 is 103 Å². The van der Waals surface area contributed by atoms with Crippen molar-refractivity contribution in [3.8, 4) is 0 Å². The molecule has 2 rings (SSSR count). The van der Waals surface area contributed by atoms with Crippen molar-refractivity contribution >= 4 is 71.0 Å². The number of carbonyl (C=O) groups excluding carboxylic acids is 9. The van der Waals surface area contributed by atoms with Gasteiger partial charge in [-0.3, -0.25) is 48.4 Å². The Bertz CT molecular complexity index is 1500. The summed E-state index contributed by atoms with van der Waals surface area (Å²) < 4.78 is 0. The van der Waals surface area contributed by atoms with Gasteiger partial charge in [0.1, 0.15) is 18.1 Å². The summed E-state index contributed by atoms with van der Waals surface area (Å²) in [4.78, 5) is 122. The van der Waals surface area contributed by atoms with Gasteiger partial charge in [0.05, 0.1) is 25.2 Å². The molecule has 2 saturated heterocycles. The number of hydrogen-bond donors (Lipinski definition) is 12. The molecule has 0 saturated carbocycles. The molecule has 0 aromatic carbocycles. The van der Waals surface area contributed by atoms with Gasteiger partial charge in [-0.05, 0) is 51.4 Å². The number of unbranched alkanes of at least 4 members (excludes halogenated alkanes) is 2. The predicted octanol–water partition coefficient (Wildman–Crippen LogP) is -2.78. The van der Waals surface area contributed by atoms with Crippen molar-refractivity contribution in [1.29, 1.82) is 0 Å². The Hall–Kier alpha value is -5.19. The Morgan fingerprint density at radius 3 is 2.12 bits per heavy atom. The monoisotopic (exact) mass is 842 g/mol. The number of hydroxylamine groups is 1. The van der Waals surface area contributed by atoms with Gasteiger partial charge >= 0.3 is 12.0 Å². The van der Waals surface area contributed by atoms with Crippen molar-refractivity contribution in [3.63, 3.8) is 0 Å². The van der Waals surface area contributed by atoms with Crippen LogP contribution in [0.5, 0.6) is 0 Å². The van der Waals surface area contributed by atoms with Crippen LogP contribution in [0.25, 0.3) is 0 Å². The molecule has 0 aromatic rings. The first-order valence-electron chi connectivity index (χ1n) is 19.3. The third-order valence-corrected chi connectivity index (χ3v) is 11.1. The van der Waals surface area contributed by atoms with Gasteiger partial charge in [-0.15, -0.1) is 0 Å². The number of rotatable bonds is 27. The summed E-state index contributed by atoms with van der Waals surface area (Å²) in [7, 11) is 0. The Labute approximate surface area is 340 Å². The van der Waals surface area contributed by atoms with E-state index in [2.05, 4.69) is 42.5 Å². The van der Waals surface area contributed by atoms with Crippen LogP contribution in [0.1, 0.15) is 85.0 Å². The second kappa shape index (κ2) is 25.2. The molecule has 23 heteroatoms. The second-order valence-corrected chi connectivity index (χ2v) is 15.8. The van der Waals surface area contributed by atoms with Gasteiger partial charge < -0.3 is 53.4 Å². The maximum atomic E-state index is 13.0. The van der Waals surface area contributed by atoms with Gasteiger partial charge in [-0.1, -0.05) is 20.3 Å². The zero-order valence-corrected chi connectivity index (χ0v) is 33.8. The molecular formula is C35H58N10O12S. The number of carboxylic acids is 1. The first-order valence-corrected chi connectivity index (χ1v) is 20.3. The number of aliphatic carboxylic acids is 1. The number of nitrogens with one attached hydrogen (secondary N) is 9. The first kappa shape index (κ1) is 49.0. The number of carbonyl (C=O) groups is 10. The fourth-order valence-corrected chi connectivity index (χ4v) is 7.77. The Balaban J connectivity index is 1.67. The van der Waals surface area contributed by atoms with E-state index in [0.717, 1.165) is 25.0 Å². The van der Waals surface area contributed by atoms with Crippen LogP contribution in [0.15, 0.2) is 0 Å². The molecule has 0 aliphatic carbocycles. The van der Waals surface area contributed by atoms with Crippen LogP contribution in [0, 0.1) is 11.8 Å². The average Bonchev–Trinajstić information content (AvgIpc) is 3.72. The molecule has 7 atom stereocenters. The maximum absolute atomic E-state index is 13.0. The zero-order chi connectivity index (χ0) is 43.4. The molecule has 1 unspecified atom stereocenters. The molecule has 0 bridgehead atoms. The van der Waals surface area contributed by atoms with Crippen LogP contribution < -0.4 is 53.7 Å². The Kier molecular flexibility index (Phi) is 21.3. The summed E-state index contributed by atoms with van der Waals surface area (Å²) >= 11 is 1.83. The SMILES string of the molecule is CC(C)C(CC(=O)NO)C(=O)N[C@@H](CCC(=O)O)C(=O)N[C@@H](C)C(=O)NCC(=O)NCC(=O)N[C@@H](CCCCNC(=O)CCCC[C@@H]1SC[C@@H]2NC(=O)N[C@@H]21)C(N)=O. The van der Waals surface area contributed by atoms with Gasteiger partial charge in [0.2, 0.25) is 47.3 Å². The Morgan fingerprint density at radius 1 is 0.759 bits per heavy atom. The standard InChI is InChI=1S/C35H58N10O12S/c1-18(2)20(14-26(47)45-57)33(54)42-22(11-12-29(50)51)34(55)40-19(3)32(53)39-15-27(48)38-16-28(49)41-21(31(36)52)8-6-7-13-37-25(46)10-5-4-9-24-30-23(17-58-24)43-35(56)44-30/h18-24,30,57H,4-17H2,1-3H3,(H2,36,52)(H,37,46)(H,38,48)(H,39,53)(H,40,55)(H,41,49)(H,42,54)(H,45,47)(H,50,51)(H2,43,44,56)/t19-,20?,21-,22-,23-,24-,30-/m0/s1. The van der Waals surface area contributed by atoms with Crippen molar-refractivity contribution in [2.24, 2.45) is 17.6 Å². The summed E-state index contributed by atoms with van der Waals surface area (Å²) in [5, 5.41) is 38.7. The topological polar surface area (TPSA) is 345 Å². The summed E-state index contributed by atoms with van der Waals surface area (Å²) in [5.41, 5.74) is 6.86. The van der Waals surface area contributed by atoms with Gasteiger partial charge in [0.15, 0.2) is 0 Å². The molecule has 2 heterocycles. The second-order valence-electron chi connectivity index (χ2n) is 14.5. The van der Waals surface area contributed by atoms with E-state index in [9.17, 15) is 47.9 Å². The maximum Gasteiger partial charge on any atom is 0.315 e. The van der Waals surface area contributed by atoms with Crippen LogP contribution in [0.3, 0.4) is 0 Å². The highest BCUT2D eigenvalue weighted by Gasteiger charge is 2.42. The molecule has 2 fully saturated rings. The predicted molar refractivity (Wildman–Crippen MR) is 207 cm³/mol. The number of carboxylic acid groups (broad SMARTS) is 1. The minimum atomic E-state index is -1.40. The lowest BCUT2D eigenvalue weighted by Gasteiger charge is -2.25. The average molecular weight is 843 g/mol. The molecule has 0 aromatic heterocycles. The van der Waals surface area contributed by atoms with Crippen LogP contribution in [-0.2, 0) is 43.2 Å². The van der Waals surface area contributed by atoms with Crippen molar-refractivity contribution in [1.82, 2.24) is 48.0 Å². The number of nitrogens with two attached hydrogens (primary N) is 1. The zero-order valence-electron chi connectivity index (χ0n) is 33.0.